The first-order valence-corrected chi connectivity index (χ1v) is 5.92. The van der Waals surface area contributed by atoms with Gasteiger partial charge in [-0.15, -0.1) is 0 Å². The summed E-state index contributed by atoms with van der Waals surface area (Å²) >= 11 is 0. The highest BCUT2D eigenvalue weighted by Gasteiger charge is 2.13. The maximum atomic E-state index is 11.6. The van der Waals surface area contributed by atoms with Crippen molar-refractivity contribution in [1.29, 1.82) is 0 Å². The zero-order chi connectivity index (χ0) is 13.4. The van der Waals surface area contributed by atoms with Gasteiger partial charge in [0.1, 0.15) is 0 Å². The number of carboxylic acid groups (broad SMARTS) is 1. The van der Waals surface area contributed by atoms with E-state index in [0.29, 0.717) is 6.42 Å². The van der Waals surface area contributed by atoms with E-state index in [1.807, 2.05) is 37.3 Å². The van der Waals surface area contributed by atoms with Crippen LogP contribution < -0.4 is 10.6 Å². The minimum atomic E-state index is -0.904. The molecule has 0 spiro atoms. The highest BCUT2D eigenvalue weighted by molar-refractivity contribution is 5.81. The number of rotatable bonds is 7. The van der Waals surface area contributed by atoms with Gasteiger partial charge in [-0.1, -0.05) is 25.1 Å². The molecule has 0 saturated carbocycles. The third-order valence-electron chi connectivity index (χ3n) is 2.51. The largest absolute Gasteiger partial charge is 0.481 e. The van der Waals surface area contributed by atoms with E-state index in [9.17, 15) is 9.59 Å². The molecular formula is C13H18N2O3. The van der Waals surface area contributed by atoms with Gasteiger partial charge in [-0.25, -0.2) is 0 Å². The fourth-order valence-electron chi connectivity index (χ4n) is 1.53. The normalized spacial score (nSPS) is 11.6. The highest BCUT2D eigenvalue weighted by Crippen LogP contribution is 2.04. The van der Waals surface area contributed by atoms with Crippen LogP contribution in [0.15, 0.2) is 30.3 Å². The molecule has 0 aromatic heterocycles. The van der Waals surface area contributed by atoms with E-state index >= 15 is 0 Å². The maximum Gasteiger partial charge on any atom is 0.305 e. The van der Waals surface area contributed by atoms with Gasteiger partial charge in [-0.2, -0.15) is 0 Å². The fourth-order valence-corrected chi connectivity index (χ4v) is 1.53. The summed E-state index contributed by atoms with van der Waals surface area (Å²) in [6.45, 7) is 1.98. The molecule has 0 heterocycles. The number of carbonyl (C=O) groups is 2. The molecule has 1 unspecified atom stereocenters. The van der Waals surface area contributed by atoms with Crippen LogP contribution in [0.4, 0.5) is 5.69 Å². The van der Waals surface area contributed by atoms with Crippen LogP contribution in [0.5, 0.6) is 0 Å². The zero-order valence-corrected chi connectivity index (χ0v) is 10.3. The van der Waals surface area contributed by atoms with Gasteiger partial charge in [0.25, 0.3) is 0 Å². The molecule has 5 heteroatoms. The predicted molar refractivity (Wildman–Crippen MR) is 69.4 cm³/mol. The molecule has 1 atom stereocenters. The Bertz CT molecular complexity index is 392. The monoisotopic (exact) mass is 250 g/mol. The second kappa shape index (κ2) is 7.32. The van der Waals surface area contributed by atoms with Crippen LogP contribution >= 0.6 is 0 Å². The van der Waals surface area contributed by atoms with Crippen LogP contribution in [0.3, 0.4) is 0 Å². The van der Waals surface area contributed by atoms with E-state index in [0.717, 1.165) is 5.69 Å². The molecular weight excluding hydrogens is 232 g/mol. The number of nitrogens with one attached hydrogen (secondary N) is 2. The fraction of sp³-hybridized carbons (Fsp3) is 0.385. The molecule has 1 aromatic rings. The third-order valence-corrected chi connectivity index (χ3v) is 2.51. The molecule has 18 heavy (non-hydrogen) atoms. The Kier molecular flexibility index (Phi) is 5.70. The summed E-state index contributed by atoms with van der Waals surface area (Å²) in [6, 6.07) is 9.06. The molecule has 0 aliphatic heterocycles. The summed E-state index contributed by atoms with van der Waals surface area (Å²) in [5.74, 6) is -1.11. The van der Waals surface area contributed by atoms with Crippen LogP contribution in [-0.2, 0) is 9.59 Å². The van der Waals surface area contributed by atoms with Crippen LogP contribution in [0.1, 0.15) is 19.8 Å². The lowest BCUT2D eigenvalue weighted by atomic mass is 10.1. The SMILES string of the molecule is CCC(CC(=O)O)NC(=O)CNc1ccccc1. The van der Waals surface area contributed by atoms with Crippen molar-refractivity contribution in [2.75, 3.05) is 11.9 Å². The van der Waals surface area contributed by atoms with Gasteiger partial charge in [0.2, 0.25) is 5.91 Å². The van der Waals surface area contributed by atoms with E-state index in [2.05, 4.69) is 10.6 Å². The van der Waals surface area contributed by atoms with Crippen molar-refractivity contribution < 1.29 is 14.7 Å². The third kappa shape index (κ3) is 5.34. The standard InChI is InChI=1S/C13H18N2O3/c1-2-10(8-13(17)18)15-12(16)9-14-11-6-4-3-5-7-11/h3-7,10,14H,2,8-9H2,1H3,(H,15,16)(H,17,18). The molecule has 0 fully saturated rings. The quantitative estimate of drug-likeness (QED) is 0.684. The lowest BCUT2D eigenvalue weighted by Gasteiger charge is -2.15. The smallest absolute Gasteiger partial charge is 0.305 e. The molecule has 0 saturated heterocycles. The van der Waals surface area contributed by atoms with Crippen molar-refractivity contribution in [2.24, 2.45) is 0 Å². The number of carbonyl (C=O) groups excluding carboxylic acids is 1. The summed E-state index contributed by atoms with van der Waals surface area (Å²) in [7, 11) is 0. The first-order chi connectivity index (χ1) is 8.61. The minimum Gasteiger partial charge on any atom is -0.481 e. The van der Waals surface area contributed by atoms with Gasteiger partial charge in [0, 0.05) is 11.7 Å². The van der Waals surface area contributed by atoms with Gasteiger partial charge in [-0.3, -0.25) is 9.59 Å². The van der Waals surface area contributed by atoms with Gasteiger partial charge in [0.15, 0.2) is 0 Å². The van der Waals surface area contributed by atoms with Crippen molar-refractivity contribution in [3.8, 4) is 0 Å². The van der Waals surface area contributed by atoms with E-state index in [1.54, 1.807) is 0 Å². The second-order valence-corrected chi connectivity index (χ2v) is 3.99. The number of carboxylic acids is 1. The van der Waals surface area contributed by atoms with E-state index < -0.39 is 5.97 Å². The molecule has 1 rings (SSSR count). The molecule has 0 aliphatic rings. The molecule has 0 bridgehead atoms. The Morgan fingerprint density at radius 2 is 1.94 bits per heavy atom. The van der Waals surface area contributed by atoms with E-state index in [-0.39, 0.29) is 24.9 Å². The summed E-state index contributed by atoms with van der Waals surface area (Å²) in [6.07, 6.45) is 0.553. The van der Waals surface area contributed by atoms with E-state index in [4.69, 9.17) is 5.11 Å². The molecule has 0 aliphatic carbocycles. The Morgan fingerprint density at radius 1 is 1.28 bits per heavy atom. The van der Waals surface area contributed by atoms with Crippen molar-refractivity contribution in [1.82, 2.24) is 5.32 Å². The lowest BCUT2D eigenvalue weighted by molar-refractivity contribution is -0.137. The zero-order valence-electron chi connectivity index (χ0n) is 10.3. The minimum absolute atomic E-state index is 0.0480. The number of aliphatic carboxylic acids is 1. The topological polar surface area (TPSA) is 78.4 Å². The number of hydrogen-bond acceptors (Lipinski definition) is 3. The maximum absolute atomic E-state index is 11.6. The van der Waals surface area contributed by atoms with E-state index in [1.165, 1.54) is 0 Å². The molecule has 3 N–H and O–H groups in total. The average molecular weight is 250 g/mol. The van der Waals surface area contributed by atoms with Gasteiger partial charge in [0.05, 0.1) is 13.0 Å². The predicted octanol–water partition coefficient (Wildman–Crippen LogP) is 1.47. The number of para-hydroxylation sites is 1. The van der Waals surface area contributed by atoms with Crippen molar-refractivity contribution in [3.63, 3.8) is 0 Å². The number of anilines is 1. The van der Waals surface area contributed by atoms with Crippen molar-refractivity contribution in [2.45, 2.75) is 25.8 Å². The Labute approximate surface area is 106 Å². The van der Waals surface area contributed by atoms with Crippen LogP contribution in [0.2, 0.25) is 0 Å². The number of benzene rings is 1. The van der Waals surface area contributed by atoms with Crippen molar-refractivity contribution in [3.05, 3.63) is 30.3 Å². The van der Waals surface area contributed by atoms with Gasteiger partial charge in [-0.05, 0) is 18.6 Å². The summed E-state index contributed by atoms with van der Waals surface area (Å²) in [5, 5.41) is 14.3. The Morgan fingerprint density at radius 3 is 2.50 bits per heavy atom. The van der Waals surface area contributed by atoms with Gasteiger partial charge >= 0.3 is 5.97 Å². The van der Waals surface area contributed by atoms with Crippen LogP contribution in [0.25, 0.3) is 0 Å². The molecule has 0 radical (unpaired) electrons. The van der Waals surface area contributed by atoms with Gasteiger partial charge < -0.3 is 15.7 Å². The molecule has 1 amide bonds. The first kappa shape index (κ1) is 14.0. The van der Waals surface area contributed by atoms with Crippen LogP contribution in [0, 0.1) is 0 Å². The van der Waals surface area contributed by atoms with Crippen LogP contribution in [-0.4, -0.2) is 29.6 Å². The summed E-state index contributed by atoms with van der Waals surface area (Å²) < 4.78 is 0. The van der Waals surface area contributed by atoms with Crippen molar-refractivity contribution >= 4 is 17.6 Å². The highest BCUT2D eigenvalue weighted by atomic mass is 16.4. The number of hydrogen-bond donors (Lipinski definition) is 3. The summed E-state index contributed by atoms with van der Waals surface area (Å²) in [4.78, 5) is 22.2. The molecule has 5 nitrogen and oxygen atoms in total. The summed E-state index contributed by atoms with van der Waals surface area (Å²) in [5.41, 5.74) is 0.860. The number of amides is 1. The molecule has 1 aromatic carbocycles. The Hall–Kier alpha value is -2.04. The lowest BCUT2D eigenvalue weighted by Crippen LogP contribution is -2.39. The first-order valence-electron chi connectivity index (χ1n) is 5.92. The average Bonchev–Trinajstić information content (AvgIpc) is 2.36. The second-order valence-electron chi connectivity index (χ2n) is 3.99. The molecule has 98 valence electrons. The Balaban J connectivity index is 2.34.